The summed E-state index contributed by atoms with van der Waals surface area (Å²) in [6.45, 7) is 3.60. The van der Waals surface area contributed by atoms with Crippen molar-refractivity contribution in [2.45, 2.75) is 24.8 Å². The highest BCUT2D eigenvalue weighted by Crippen LogP contribution is 2.35. The molecule has 1 amide bonds. The number of benzene rings is 2. The van der Waals surface area contributed by atoms with Gasteiger partial charge >= 0.3 is 5.97 Å². The molecule has 164 valence electrons. The van der Waals surface area contributed by atoms with Crippen LogP contribution in [0.2, 0.25) is 10.0 Å². The molecule has 1 aromatic heterocycles. The molecule has 3 aromatic rings. The number of fused-ring (bicyclic) bond motifs is 1. The van der Waals surface area contributed by atoms with Crippen LogP contribution in [0.25, 0.3) is 10.9 Å². The van der Waals surface area contributed by atoms with Crippen LogP contribution in [0, 0.1) is 6.92 Å². The molecule has 2 N–H and O–H groups in total. The summed E-state index contributed by atoms with van der Waals surface area (Å²) in [7, 11) is -2.16. The molecule has 0 bridgehead atoms. The number of nitrogens with one attached hydrogen (secondary N) is 1. The Morgan fingerprint density at radius 1 is 1.13 bits per heavy atom. The summed E-state index contributed by atoms with van der Waals surface area (Å²) in [5.74, 6) is -2.74. The molecular weight excluding hydrogens is 463 g/mol. The maximum atomic E-state index is 12.9. The first-order chi connectivity index (χ1) is 14.4. The number of nitrogens with zero attached hydrogens (tertiary/aromatic N) is 1. The minimum absolute atomic E-state index is 0.0900. The van der Waals surface area contributed by atoms with Crippen LogP contribution in [0.1, 0.15) is 34.6 Å². The first-order valence-corrected chi connectivity index (χ1v) is 11.6. The summed E-state index contributed by atoms with van der Waals surface area (Å²) in [6, 6.07) is 8.85. The molecule has 0 radical (unpaired) electrons. The predicted molar refractivity (Wildman–Crippen MR) is 120 cm³/mol. The molecule has 10 heteroatoms. The van der Waals surface area contributed by atoms with E-state index in [4.69, 9.17) is 28.3 Å². The van der Waals surface area contributed by atoms with Gasteiger partial charge in [-0.15, -0.1) is 0 Å². The van der Waals surface area contributed by atoms with Gasteiger partial charge in [0.15, 0.2) is 15.6 Å². The number of rotatable bonds is 6. The van der Waals surface area contributed by atoms with Crippen LogP contribution in [0.5, 0.6) is 0 Å². The predicted octanol–water partition coefficient (Wildman–Crippen LogP) is 4.14. The van der Waals surface area contributed by atoms with Crippen molar-refractivity contribution < 1.29 is 23.1 Å². The smallest absolute Gasteiger partial charge is 0.319 e. The second kappa shape index (κ2) is 8.53. The summed E-state index contributed by atoms with van der Waals surface area (Å²) in [6.07, 6.45) is 0. The summed E-state index contributed by atoms with van der Waals surface area (Å²) < 4.78 is 25.8. The van der Waals surface area contributed by atoms with Gasteiger partial charge in [-0.25, -0.2) is 8.42 Å². The van der Waals surface area contributed by atoms with Crippen LogP contribution >= 0.6 is 23.2 Å². The number of hydrogen-bond donors (Lipinski definition) is 2. The number of halogens is 2. The Hall–Kier alpha value is -2.55. The van der Waals surface area contributed by atoms with E-state index >= 15 is 0 Å². The van der Waals surface area contributed by atoms with Crippen molar-refractivity contribution in [1.29, 1.82) is 0 Å². The average molecular weight is 483 g/mol. The van der Waals surface area contributed by atoms with Gasteiger partial charge in [0, 0.05) is 12.4 Å². The summed E-state index contributed by atoms with van der Waals surface area (Å²) in [4.78, 5) is 23.5. The first kappa shape index (κ1) is 23.1. The lowest BCUT2D eigenvalue weighted by Crippen LogP contribution is -2.28. The van der Waals surface area contributed by atoms with Gasteiger partial charge in [-0.1, -0.05) is 35.3 Å². The van der Waals surface area contributed by atoms with Gasteiger partial charge < -0.3 is 15.0 Å². The summed E-state index contributed by atoms with van der Waals surface area (Å²) in [5, 5.41) is 13.1. The molecule has 1 atom stereocenters. The minimum atomic E-state index is -3.91. The fourth-order valence-corrected chi connectivity index (χ4v) is 4.81. The van der Waals surface area contributed by atoms with Crippen LogP contribution in [0.4, 0.5) is 0 Å². The molecule has 0 saturated carbocycles. The standard InChI is InChI=1S/C21H20Cl2N2O5S/c1-11-8-16-15(20(23)19(11)22)9-17(25(16)3)21(28)24-12(2)13-4-6-14(7-5-13)31(29,30)10-18(26)27/h4-9,12H,10H2,1-3H3,(H,24,28)(H,26,27). The van der Waals surface area contributed by atoms with E-state index in [1.807, 2.05) is 13.0 Å². The zero-order chi connectivity index (χ0) is 23.1. The molecule has 1 unspecified atom stereocenters. The van der Waals surface area contributed by atoms with E-state index in [0.717, 1.165) is 11.1 Å². The van der Waals surface area contributed by atoms with E-state index in [0.29, 0.717) is 26.7 Å². The molecule has 1 heterocycles. The number of hydrogen-bond acceptors (Lipinski definition) is 4. The minimum Gasteiger partial charge on any atom is -0.480 e. The second-order valence-corrected chi connectivity index (χ2v) is 10.0. The molecule has 0 saturated heterocycles. The number of sulfone groups is 1. The quantitative estimate of drug-likeness (QED) is 0.548. The van der Waals surface area contributed by atoms with E-state index in [-0.39, 0.29) is 10.8 Å². The lowest BCUT2D eigenvalue weighted by molar-refractivity contribution is -0.134. The Morgan fingerprint density at radius 2 is 1.74 bits per heavy atom. The van der Waals surface area contributed by atoms with Gasteiger partial charge in [0.2, 0.25) is 0 Å². The number of carbonyl (C=O) groups is 2. The molecule has 7 nitrogen and oxygen atoms in total. The fraction of sp³-hybridized carbons (Fsp3) is 0.238. The SMILES string of the molecule is Cc1cc2c(cc(C(=O)NC(C)c3ccc(S(=O)(=O)CC(=O)O)cc3)n2C)c(Cl)c1Cl. The summed E-state index contributed by atoms with van der Waals surface area (Å²) >= 11 is 12.6. The Balaban J connectivity index is 1.83. The van der Waals surface area contributed by atoms with Gasteiger partial charge in [0.05, 0.1) is 26.5 Å². The highest BCUT2D eigenvalue weighted by Gasteiger charge is 2.21. The molecule has 0 aliphatic carbocycles. The Labute approximate surface area is 189 Å². The van der Waals surface area contributed by atoms with Crippen LogP contribution in [-0.4, -0.2) is 35.7 Å². The largest absolute Gasteiger partial charge is 0.480 e. The van der Waals surface area contributed by atoms with Crippen LogP contribution in [-0.2, 0) is 21.7 Å². The first-order valence-electron chi connectivity index (χ1n) is 9.21. The Morgan fingerprint density at radius 3 is 2.32 bits per heavy atom. The third kappa shape index (κ3) is 4.56. The number of aliphatic carboxylic acids is 1. The van der Waals surface area contributed by atoms with Crippen molar-refractivity contribution in [3.05, 3.63) is 63.3 Å². The topological polar surface area (TPSA) is 105 Å². The van der Waals surface area contributed by atoms with Gasteiger partial charge in [-0.3, -0.25) is 9.59 Å². The lowest BCUT2D eigenvalue weighted by Gasteiger charge is -2.15. The molecule has 0 aliphatic heterocycles. The number of carbonyl (C=O) groups excluding carboxylic acids is 1. The molecule has 0 aliphatic rings. The monoisotopic (exact) mass is 482 g/mol. The number of carboxylic acid groups (broad SMARTS) is 1. The molecular formula is C21H20Cl2N2O5S. The van der Waals surface area contributed by atoms with Gasteiger partial charge in [-0.2, -0.15) is 0 Å². The van der Waals surface area contributed by atoms with Crippen molar-refractivity contribution in [2.75, 3.05) is 5.75 Å². The van der Waals surface area contributed by atoms with E-state index in [1.165, 1.54) is 12.1 Å². The lowest BCUT2D eigenvalue weighted by atomic mass is 10.1. The normalized spacial score (nSPS) is 12.7. The highest BCUT2D eigenvalue weighted by molar-refractivity contribution is 7.92. The molecule has 2 aromatic carbocycles. The molecule has 3 rings (SSSR count). The fourth-order valence-electron chi connectivity index (χ4n) is 3.31. The van der Waals surface area contributed by atoms with Gasteiger partial charge in [-0.05, 0) is 49.2 Å². The van der Waals surface area contributed by atoms with Gasteiger partial charge in [0.1, 0.15) is 5.69 Å². The number of aromatic nitrogens is 1. The maximum Gasteiger partial charge on any atom is 0.319 e. The van der Waals surface area contributed by atoms with Crippen molar-refractivity contribution in [1.82, 2.24) is 9.88 Å². The van der Waals surface area contributed by atoms with Crippen molar-refractivity contribution in [2.24, 2.45) is 7.05 Å². The Bertz CT molecular complexity index is 1300. The third-order valence-corrected chi connectivity index (χ3v) is 7.64. The molecule has 0 fully saturated rings. The highest BCUT2D eigenvalue weighted by atomic mass is 35.5. The zero-order valence-electron chi connectivity index (χ0n) is 16.9. The van der Waals surface area contributed by atoms with Crippen molar-refractivity contribution in [3.8, 4) is 0 Å². The molecule has 31 heavy (non-hydrogen) atoms. The Kier molecular flexibility index (Phi) is 6.36. The number of amides is 1. The van der Waals surface area contributed by atoms with E-state index in [2.05, 4.69) is 5.32 Å². The van der Waals surface area contributed by atoms with Crippen LogP contribution < -0.4 is 5.32 Å². The van der Waals surface area contributed by atoms with Gasteiger partial charge in [0.25, 0.3) is 5.91 Å². The third-order valence-electron chi connectivity index (χ3n) is 5.04. The van der Waals surface area contributed by atoms with E-state index in [9.17, 15) is 18.0 Å². The number of aryl methyl sites for hydroxylation is 2. The maximum absolute atomic E-state index is 12.9. The zero-order valence-corrected chi connectivity index (χ0v) is 19.3. The second-order valence-electron chi connectivity index (χ2n) is 7.26. The van der Waals surface area contributed by atoms with E-state index in [1.54, 1.807) is 36.7 Å². The van der Waals surface area contributed by atoms with Crippen molar-refractivity contribution in [3.63, 3.8) is 0 Å². The van der Waals surface area contributed by atoms with Crippen LogP contribution in [0.3, 0.4) is 0 Å². The summed E-state index contributed by atoms with van der Waals surface area (Å²) in [5.41, 5.74) is 2.64. The van der Waals surface area contributed by atoms with Crippen molar-refractivity contribution >= 4 is 55.8 Å². The number of carboxylic acids is 1. The average Bonchev–Trinajstić information content (AvgIpc) is 3.02. The van der Waals surface area contributed by atoms with E-state index < -0.39 is 27.6 Å². The molecule has 0 spiro atoms. The van der Waals surface area contributed by atoms with Crippen LogP contribution in [0.15, 0.2) is 41.3 Å².